The summed E-state index contributed by atoms with van der Waals surface area (Å²) in [4.78, 5) is 4.98. The summed E-state index contributed by atoms with van der Waals surface area (Å²) in [5.74, 6) is 0.878. The van der Waals surface area contributed by atoms with Crippen molar-refractivity contribution in [2.45, 2.75) is 23.8 Å². The van der Waals surface area contributed by atoms with E-state index in [0.29, 0.717) is 47.7 Å². The monoisotopic (exact) mass is 527 g/mol. The maximum atomic E-state index is 12.9. The van der Waals surface area contributed by atoms with Crippen molar-refractivity contribution >= 4 is 37.4 Å². The molecular formula is C23H22BrN5O3S. The molecule has 0 spiro atoms. The highest BCUT2D eigenvalue weighted by molar-refractivity contribution is 9.10. The van der Waals surface area contributed by atoms with Crippen molar-refractivity contribution in [1.29, 1.82) is 0 Å². The Hall–Kier alpha value is -2.95. The van der Waals surface area contributed by atoms with Gasteiger partial charge in [-0.1, -0.05) is 30.3 Å². The van der Waals surface area contributed by atoms with E-state index in [1.165, 1.54) is 0 Å². The number of aromatic hydroxyl groups is 1. The van der Waals surface area contributed by atoms with E-state index < -0.39 is 10.0 Å². The predicted octanol–water partition coefficient (Wildman–Crippen LogP) is 4.13. The number of anilines is 1. The molecule has 0 atom stereocenters. The number of para-hydroxylation sites is 1. The number of halogens is 1. The number of hydrogen-bond acceptors (Lipinski definition) is 6. The molecule has 0 aliphatic carbocycles. The van der Waals surface area contributed by atoms with E-state index in [0.717, 1.165) is 10.3 Å². The number of nitrogens with zero attached hydrogens (tertiary/aromatic N) is 4. The van der Waals surface area contributed by atoms with Crippen LogP contribution in [0.25, 0.3) is 16.9 Å². The zero-order valence-electron chi connectivity index (χ0n) is 17.6. The van der Waals surface area contributed by atoms with Crippen molar-refractivity contribution in [2.24, 2.45) is 0 Å². The van der Waals surface area contributed by atoms with Gasteiger partial charge < -0.3 is 10.4 Å². The van der Waals surface area contributed by atoms with Crippen molar-refractivity contribution in [3.63, 3.8) is 0 Å². The van der Waals surface area contributed by atoms with Gasteiger partial charge in [0, 0.05) is 30.8 Å². The molecule has 33 heavy (non-hydrogen) atoms. The van der Waals surface area contributed by atoms with Gasteiger partial charge in [0.05, 0.1) is 21.3 Å². The third-order valence-corrected chi connectivity index (χ3v) is 8.27. The van der Waals surface area contributed by atoms with Crippen molar-refractivity contribution in [3.05, 3.63) is 71.3 Å². The van der Waals surface area contributed by atoms with Gasteiger partial charge in [-0.25, -0.2) is 13.4 Å². The first-order valence-electron chi connectivity index (χ1n) is 10.6. The van der Waals surface area contributed by atoms with Gasteiger partial charge in [-0.2, -0.15) is 13.9 Å². The normalized spacial score (nSPS) is 15.7. The molecule has 2 N–H and O–H groups in total. The molecule has 0 unspecified atom stereocenters. The number of piperidine rings is 1. The quantitative estimate of drug-likeness (QED) is 0.404. The zero-order chi connectivity index (χ0) is 23.0. The summed E-state index contributed by atoms with van der Waals surface area (Å²) in [6.07, 6.45) is 2.99. The molecule has 4 aromatic rings. The van der Waals surface area contributed by atoms with Gasteiger partial charge in [0.2, 0.25) is 10.0 Å². The summed E-state index contributed by atoms with van der Waals surface area (Å²) in [6, 6.07) is 17.5. The Morgan fingerprint density at radius 1 is 1.03 bits per heavy atom. The maximum Gasteiger partial charge on any atom is 0.243 e. The minimum Gasteiger partial charge on any atom is -0.507 e. The van der Waals surface area contributed by atoms with Crippen LogP contribution >= 0.6 is 15.9 Å². The second-order valence-corrected chi connectivity index (χ2v) is 10.7. The lowest BCUT2D eigenvalue weighted by atomic mass is 10.1. The van der Waals surface area contributed by atoms with Gasteiger partial charge in [-0.15, -0.1) is 0 Å². The van der Waals surface area contributed by atoms with Crippen LogP contribution in [0.2, 0.25) is 0 Å². The second-order valence-electron chi connectivity index (χ2n) is 7.91. The van der Waals surface area contributed by atoms with Gasteiger partial charge in [0.25, 0.3) is 0 Å². The van der Waals surface area contributed by atoms with Gasteiger partial charge in [-0.3, -0.25) is 0 Å². The molecule has 3 heterocycles. The minimum atomic E-state index is -3.49. The first kappa shape index (κ1) is 21.9. The summed E-state index contributed by atoms with van der Waals surface area (Å²) in [5.41, 5.74) is 1.87. The highest BCUT2D eigenvalue weighted by atomic mass is 79.9. The van der Waals surface area contributed by atoms with Crippen molar-refractivity contribution in [3.8, 4) is 17.0 Å². The van der Waals surface area contributed by atoms with E-state index in [9.17, 15) is 13.5 Å². The molecule has 2 aromatic carbocycles. The Kier molecular flexibility index (Phi) is 5.81. The van der Waals surface area contributed by atoms with Crippen molar-refractivity contribution in [1.82, 2.24) is 18.9 Å². The van der Waals surface area contributed by atoms with Crippen LogP contribution in [0.1, 0.15) is 12.8 Å². The molecule has 170 valence electrons. The van der Waals surface area contributed by atoms with Crippen LogP contribution in [0.15, 0.2) is 76.2 Å². The molecule has 1 fully saturated rings. The number of benzene rings is 2. The van der Waals surface area contributed by atoms with Gasteiger partial charge >= 0.3 is 0 Å². The smallest absolute Gasteiger partial charge is 0.243 e. The summed E-state index contributed by atoms with van der Waals surface area (Å²) < 4.78 is 29.8. The zero-order valence-corrected chi connectivity index (χ0v) is 20.0. The Balaban J connectivity index is 1.39. The molecule has 1 aliphatic rings. The molecule has 2 aromatic heterocycles. The molecule has 0 radical (unpaired) electrons. The molecule has 0 amide bonds. The number of fused-ring (bicyclic) bond motifs is 1. The largest absolute Gasteiger partial charge is 0.507 e. The van der Waals surface area contributed by atoms with Crippen LogP contribution in [0, 0.1) is 0 Å². The predicted molar refractivity (Wildman–Crippen MR) is 130 cm³/mol. The summed E-state index contributed by atoms with van der Waals surface area (Å²) in [7, 11) is -3.49. The van der Waals surface area contributed by atoms with Crippen LogP contribution in [0.4, 0.5) is 5.82 Å². The number of phenolic OH excluding ortho intramolecular Hbond substituents is 1. The van der Waals surface area contributed by atoms with Crippen LogP contribution in [-0.4, -0.2) is 51.6 Å². The maximum absolute atomic E-state index is 12.9. The van der Waals surface area contributed by atoms with E-state index in [1.807, 2.05) is 24.3 Å². The molecule has 1 aliphatic heterocycles. The summed E-state index contributed by atoms with van der Waals surface area (Å²) >= 11 is 3.49. The van der Waals surface area contributed by atoms with Gasteiger partial charge in [0.15, 0.2) is 5.65 Å². The van der Waals surface area contributed by atoms with Gasteiger partial charge in [-0.05, 0) is 53.0 Å². The van der Waals surface area contributed by atoms with Crippen molar-refractivity contribution in [2.75, 3.05) is 18.4 Å². The highest BCUT2D eigenvalue weighted by Crippen LogP contribution is 2.32. The van der Waals surface area contributed by atoms with E-state index >= 15 is 0 Å². The topological polar surface area (TPSA) is 99.8 Å². The SMILES string of the molecule is O=S(=O)(c1ccccc1)N1CCC(Nc2cc(-c3ccccc3O)nc3c(Br)cnn23)CC1. The Morgan fingerprint density at radius 3 is 2.45 bits per heavy atom. The van der Waals surface area contributed by atoms with Crippen molar-refractivity contribution < 1.29 is 13.5 Å². The first-order valence-corrected chi connectivity index (χ1v) is 12.8. The summed E-state index contributed by atoms with van der Waals surface area (Å²) in [5, 5.41) is 18.2. The fourth-order valence-electron chi connectivity index (χ4n) is 4.06. The Labute approximate surface area is 200 Å². The van der Waals surface area contributed by atoms with E-state index in [4.69, 9.17) is 0 Å². The molecule has 0 saturated carbocycles. The van der Waals surface area contributed by atoms with E-state index in [-0.39, 0.29) is 11.8 Å². The highest BCUT2D eigenvalue weighted by Gasteiger charge is 2.29. The molecule has 10 heteroatoms. The standard InChI is InChI=1S/C23H22BrN5O3S/c24-19-15-25-29-22(14-20(27-23(19)29)18-8-4-5-9-21(18)30)26-16-10-12-28(13-11-16)33(31,32)17-6-2-1-3-7-17/h1-9,14-16,26,30H,10-13H2. The molecule has 8 nitrogen and oxygen atoms in total. The van der Waals surface area contributed by atoms with Gasteiger partial charge in [0.1, 0.15) is 11.6 Å². The lowest BCUT2D eigenvalue weighted by Gasteiger charge is -2.32. The third kappa shape index (κ3) is 4.21. The van der Waals surface area contributed by atoms with Crippen LogP contribution in [0.3, 0.4) is 0 Å². The lowest BCUT2D eigenvalue weighted by Crippen LogP contribution is -2.42. The minimum absolute atomic E-state index is 0.0676. The van der Waals surface area contributed by atoms with E-state index in [1.54, 1.807) is 51.4 Å². The fraction of sp³-hybridized carbons (Fsp3) is 0.217. The third-order valence-electron chi connectivity index (χ3n) is 5.80. The summed E-state index contributed by atoms with van der Waals surface area (Å²) in [6.45, 7) is 0.858. The second kappa shape index (κ2) is 8.77. The number of phenols is 1. The molecule has 0 bridgehead atoms. The van der Waals surface area contributed by atoms with Crippen LogP contribution < -0.4 is 5.32 Å². The lowest BCUT2D eigenvalue weighted by molar-refractivity contribution is 0.329. The molecule has 1 saturated heterocycles. The van der Waals surface area contributed by atoms with E-state index in [2.05, 4.69) is 31.3 Å². The Morgan fingerprint density at radius 2 is 1.73 bits per heavy atom. The van der Waals surface area contributed by atoms with Crippen LogP contribution in [-0.2, 0) is 10.0 Å². The average Bonchev–Trinajstić information content (AvgIpc) is 3.21. The number of rotatable bonds is 5. The molecular weight excluding hydrogens is 506 g/mol. The first-order chi connectivity index (χ1) is 15.9. The van der Waals surface area contributed by atoms with Crippen LogP contribution in [0.5, 0.6) is 5.75 Å². The Bertz CT molecular complexity index is 1400. The number of nitrogens with one attached hydrogen (secondary N) is 1. The average molecular weight is 528 g/mol. The number of sulfonamides is 1. The molecule has 5 rings (SSSR count). The fourth-order valence-corrected chi connectivity index (χ4v) is 5.90. The number of hydrogen-bond donors (Lipinski definition) is 2. The number of aromatic nitrogens is 3.